The molecule has 4 rings (SSSR count). The van der Waals surface area contributed by atoms with E-state index in [0.717, 1.165) is 10.4 Å². The molecule has 1 amide bonds. The summed E-state index contributed by atoms with van der Waals surface area (Å²) in [5, 5.41) is 13.2. The van der Waals surface area contributed by atoms with Gasteiger partial charge in [0.2, 0.25) is 5.91 Å². The Morgan fingerprint density at radius 2 is 2.03 bits per heavy atom. The van der Waals surface area contributed by atoms with Crippen LogP contribution in [0.15, 0.2) is 57.0 Å². The summed E-state index contributed by atoms with van der Waals surface area (Å²) in [7, 11) is 0. The Balaban J connectivity index is 1.62. The number of phenolic OH excluding ortho intramolecular Hbond substituents is 1. The summed E-state index contributed by atoms with van der Waals surface area (Å²) in [6.45, 7) is 4.13. The predicted octanol–water partition coefficient (Wildman–Crippen LogP) is 4.15. The van der Waals surface area contributed by atoms with Crippen LogP contribution in [0.3, 0.4) is 0 Å². The van der Waals surface area contributed by atoms with Gasteiger partial charge < -0.3 is 14.8 Å². The van der Waals surface area contributed by atoms with Crippen molar-refractivity contribution in [2.24, 2.45) is 0 Å². The number of carbonyl (C=O) groups is 1. The molecule has 2 N–H and O–H groups in total. The molecule has 0 saturated carbocycles. The lowest BCUT2D eigenvalue weighted by Crippen LogP contribution is -2.24. The van der Waals surface area contributed by atoms with Gasteiger partial charge in [-0.25, -0.2) is 4.98 Å². The van der Waals surface area contributed by atoms with Crippen molar-refractivity contribution in [1.29, 1.82) is 0 Å². The van der Waals surface area contributed by atoms with Gasteiger partial charge in [-0.15, -0.1) is 11.3 Å². The van der Waals surface area contributed by atoms with Gasteiger partial charge in [0.1, 0.15) is 16.3 Å². The zero-order valence-electron chi connectivity index (χ0n) is 16.3. The number of furan rings is 1. The molecular weight excluding hydrogens is 422 g/mol. The second-order valence-electron chi connectivity index (χ2n) is 6.71. The first-order valence-electron chi connectivity index (χ1n) is 9.17. The summed E-state index contributed by atoms with van der Waals surface area (Å²) >= 11 is 2.68. The van der Waals surface area contributed by atoms with E-state index in [9.17, 15) is 14.7 Å². The molecule has 0 atom stereocenters. The Labute approximate surface area is 180 Å². The Morgan fingerprint density at radius 3 is 2.73 bits per heavy atom. The highest BCUT2D eigenvalue weighted by Gasteiger charge is 2.18. The number of amides is 1. The number of carbonyl (C=O) groups excluding carboxylic acids is 1. The average molecular weight is 442 g/mol. The minimum atomic E-state index is -0.233. The van der Waals surface area contributed by atoms with E-state index in [1.54, 1.807) is 35.1 Å². The van der Waals surface area contributed by atoms with Crippen molar-refractivity contribution in [2.45, 2.75) is 25.5 Å². The van der Waals surface area contributed by atoms with Crippen LogP contribution in [0.4, 0.5) is 5.69 Å². The normalized spacial score (nSPS) is 11.1. The first kappa shape index (κ1) is 20.2. The maximum atomic E-state index is 13.2. The quantitative estimate of drug-likeness (QED) is 0.265. The third-order valence-corrected chi connectivity index (χ3v) is 6.71. The van der Waals surface area contributed by atoms with Crippen molar-refractivity contribution in [1.82, 2.24) is 9.55 Å². The number of hydrogen-bond acceptors (Lipinski definition) is 7. The molecule has 0 unspecified atom stereocenters. The van der Waals surface area contributed by atoms with Crippen molar-refractivity contribution >= 4 is 44.9 Å². The summed E-state index contributed by atoms with van der Waals surface area (Å²) in [4.78, 5) is 32.0. The molecule has 0 saturated heterocycles. The molecule has 154 valence electrons. The summed E-state index contributed by atoms with van der Waals surface area (Å²) in [5.41, 5.74) is 1.38. The Morgan fingerprint density at radius 1 is 1.27 bits per heavy atom. The molecule has 0 aliphatic carbocycles. The number of aromatic nitrogens is 2. The molecule has 0 fully saturated rings. The topological polar surface area (TPSA) is 97.4 Å². The Kier molecular flexibility index (Phi) is 5.65. The largest absolute Gasteiger partial charge is 0.508 e. The van der Waals surface area contributed by atoms with Gasteiger partial charge in [-0.05, 0) is 55.8 Å². The van der Waals surface area contributed by atoms with Crippen LogP contribution in [0.5, 0.6) is 5.75 Å². The SMILES string of the molecule is Cc1sc2nc(SCC(=O)Nc3ccc(O)cc3)n(Cc3ccco3)c(=O)c2c1C. The van der Waals surface area contributed by atoms with E-state index >= 15 is 0 Å². The fourth-order valence-electron chi connectivity index (χ4n) is 2.99. The van der Waals surface area contributed by atoms with Crippen molar-refractivity contribution in [3.8, 4) is 5.75 Å². The minimum absolute atomic E-state index is 0.0836. The molecule has 0 spiro atoms. The van der Waals surface area contributed by atoms with Crippen LogP contribution in [0, 0.1) is 13.8 Å². The van der Waals surface area contributed by atoms with Gasteiger partial charge in [0.05, 0.1) is 23.9 Å². The van der Waals surface area contributed by atoms with E-state index in [1.807, 2.05) is 13.8 Å². The number of nitrogens with one attached hydrogen (secondary N) is 1. The zero-order chi connectivity index (χ0) is 21.3. The van der Waals surface area contributed by atoms with E-state index in [-0.39, 0.29) is 29.5 Å². The minimum Gasteiger partial charge on any atom is -0.508 e. The summed E-state index contributed by atoms with van der Waals surface area (Å²) in [6.07, 6.45) is 1.56. The van der Waals surface area contributed by atoms with Crippen LogP contribution in [0.1, 0.15) is 16.2 Å². The number of phenols is 1. The third kappa shape index (κ3) is 4.12. The second kappa shape index (κ2) is 8.37. The molecule has 3 aromatic heterocycles. The maximum Gasteiger partial charge on any atom is 0.263 e. The monoisotopic (exact) mass is 441 g/mol. The number of hydrogen-bond donors (Lipinski definition) is 2. The third-order valence-electron chi connectivity index (χ3n) is 4.63. The van der Waals surface area contributed by atoms with Crippen LogP contribution in [0.25, 0.3) is 10.2 Å². The van der Waals surface area contributed by atoms with Crippen LogP contribution in [-0.2, 0) is 11.3 Å². The first-order valence-corrected chi connectivity index (χ1v) is 11.0. The van der Waals surface area contributed by atoms with E-state index in [4.69, 9.17) is 4.42 Å². The molecule has 7 nitrogen and oxygen atoms in total. The number of fused-ring (bicyclic) bond motifs is 1. The van der Waals surface area contributed by atoms with Crippen LogP contribution < -0.4 is 10.9 Å². The van der Waals surface area contributed by atoms with Gasteiger partial charge in [0.25, 0.3) is 5.56 Å². The maximum absolute atomic E-state index is 13.2. The lowest BCUT2D eigenvalue weighted by atomic mass is 10.2. The molecule has 30 heavy (non-hydrogen) atoms. The van der Waals surface area contributed by atoms with Crippen LogP contribution in [-0.4, -0.2) is 26.3 Å². The first-order chi connectivity index (χ1) is 14.4. The van der Waals surface area contributed by atoms with E-state index in [0.29, 0.717) is 26.8 Å². The van der Waals surface area contributed by atoms with Gasteiger partial charge in [-0.2, -0.15) is 0 Å². The molecule has 0 radical (unpaired) electrons. The number of thioether (sulfide) groups is 1. The Hall–Kier alpha value is -3.04. The number of aryl methyl sites for hydroxylation is 2. The number of rotatable bonds is 6. The summed E-state index contributed by atoms with van der Waals surface area (Å²) < 4.78 is 6.97. The second-order valence-corrected chi connectivity index (χ2v) is 8.86. The lowest BCUT2D eigenvalue weighted by Gasteiger charge is -2.11. The number of benzene rings is 1. The van der Waals surface area contributed by atoms with Gasteiger partial charge in [-0.3, -0.25) is 14.2 Å². The zero-order valence-corrected chi connectivity index (χ0v) is 18.0. The fourth-order valence-corrected chi connectivity index (χ4v) is 4.86. The molecular formula is C21H19N3O4S2. The lowest BCUT2D eigenvalue weighted by molar-refractivity contribution is -0.113. The van der Waals surface area contributed by atoms with Crippen molar-refractivity contribution in [2.75, 3.05) is 11.1 Å². The van der Waals surface area contributed by atoms with Crippen LogP contribution in [0.2, 0.25) is 0 Å². The van der Waals surface area contributed by atoms with E-state index < -0.39 is 0 Å². The smallest absolute Gasteiger partial charge is 0.263 e. The number of anilines is 1. The number of nitrogens with zero attached hydrogens (tertiary/aromatic N) is 2. The molecule has 4 aromatic rings. The molecule has 3 heterocycles. The molecule has 9 heteroatoms. The molecule has 0 aliphatic heterocycles. The highest BCUT2D eigenvalue weighted by Crippen LogP contribution is 2.28. The standard InChI is InChI=1S/C21H19N3O4S2/c1-12-13(2)30-19-18(12)20(27)24(10-16-4-3-9-28-16)21(23-19)29-11-17(26)22-14-5-7-15(25)8-6-14/h3-9,25H,10-11H2,1-2H3,(H,22,26). The fraction of sp³-hybridized carbons (Fsp3) is 0.190. The predicted molar refractivity (Wildman–Crippen MR) is 119 cm³/mol. The van der Waals surface area contributed by atoms with Crippen molar-refractivity contribution in [3.63, 3.8) is 0 Å². The van der Waals surface area contributed by atoms with Crippen molar-refractivity contribution < 1.29 is 14.3 Å². The summed E-state index contributed by atoms with van der Waals surface area (Å²) in [5.74, 6) is 0.616. The molecule has 0 aliphatic rings. The average Bonchev–Trinajstić information content (AvgIpc) is 3.33. The highest BCUT2D eigenvalue weighted by molar-refractivity contribution is 7.99. The van der Waals surface area contributed by atoms with Gasteiger partial charge in [-0.1, -0.05) is 11.8 Å². The summed E-state index contributed by atoms with van der Waals surface area (Å²) in [6, 6.07) is 9.80. The van der Waals surface area contributed by atoms with Gasteiger partial charge >= 0.3 is 0 Å². The molecule has 1 aromatic carbocycles. The number of aromatic hydroxyl groups is 1. The Bertz CT molecular complexity index is 1260. The number of thiophene rings is 1. The van der Waals surface area contributed by atoms with Crippen molar-refractivity contribution in [3.05, 3.63) is 69.2 Å². The highest BCUT2D eigenvalue weighted by atomic mass is 32.2. The molecule has 0 bridgehead atoms. The van der Waals surface area contributed by atoms with E-state index in [2.05, 4.69) is 10.3 Å². The van der Waals surface area contributed by atoms with Gasteiger partial charge in [0.15, 0.2) is 5.16 Å². The van der Waals surface area contributed by atoms with Gasteiger partial charge in [0, 0.05) is 10.6 Å². The van der Waals surface area contributed by atoms with E-state index in [1.165, 1.54) is 35.2 Å². The van der Waals surface area contributed by atoms with Crippen LogP contribution >= 0.6 is 23.1 Å².